The molecule has 0 saturated carbocycles. The van der Waals surface area contributed by atoms with Crippen LogP contribution in [0, 0.1) is 0 Å². The van der Waals surface area contributed by atoms with Crippen LogP contribution in [0.2, 0.25) is 0 Å². The first-order valence-electron chi connectivity index (χ1n) is 12.0. The van der Waals surface area contributed by atoms with Gasteiger partial charge in [0.25, 0.3) is 0 Å². The molecule has 6 rings (SSSR count). The van der Waals surface area contributed by atoms with Crippen molar-refractivity contribution in [2.75, 3.05) is 44.3 Å². The van der Waals surface area contributed by atoms with Crippen LogP contribution in [0.5, 0.6) is 0 Å². The Morgan fingerprint density at radius 1 is 1.03 bits per heavy atom. The zero-order valence-corrected chi connectivity index (χ0v) is 19.3. The number of piperidine rings is 1. The second-order valence-corrected chi connectivity index (χ2v) is 8.88. The van der Waals surface area contributed by atoms with E-state index >= 15 is 0 Å². The number of hydrogen-bond acceptors (Lipinski definition) is 7. The molecule has 0 radical (unpaired) electrons. The molecule has 0 aliphatic carbocycles. The van der Waals surface area contributed by atoms with Gasteiger partial charge in [0.1, 0.15) is 11.6 Å². The van der Waals surface area contributed by atoms with Gasteiger partial charge in [-0.05, 0) is 38.1 Å². The number of rotatable bonds is 4. The quantitative estimate of drug-likeness (QED) is 0.516. The summed E-state index contributed by atoms with van der Waals surface area (Å²) in [6.07, 6.45) is 2.99. The first-order chi connectivity index (χ1) is 16.2. The number of aryl methyl sites for hydroxylation is 2. The lowest BCUT2D eigenvalue weighted by Crippen LogP contribution is -2.37. The van der Waals surface area contributed by atoms with Crippen LogP contribution in [0.1, 0.15) is 37.3 Å². The molecule has 2 aliphatic rings. The Bertz CT molecular complexity index is 1300. The smallest absolute Gasteiger partial charge is 0.239 e. The third-order valence-corrected chi connectivity index (χ3v) is 6.88. The maximum Gasteiger partial charge on any atom is 0.239 e. The molecule has 172 valence electrons. The highest BCUT2D eigenvalue weighted by atomic mass is 16.5. The lowest BCUT2D eigenvalue weighted by atomic mass is 9.97. The Morgan fingerprint density at radius 2 is 1.82 bits per heavy atom. The van der Waals surface area contributed by atoms with Crippen LogP contribution >= 0.6 is 0 Å². The molecule has 4 aromatic rings. The van der Waals surface area contributed by atoms with Gasteiger partial charge in [-0.2, -0.15) is 9.97 Å². The second kappa shape index (κ2) is 8.39. The Balaban J connectivity index is 1.58. The number of nitrogens with one attached hydrogen (secondary N) is 1. The normalized spacial score (nSPS) is 17.9. The molecule has 0 bridgehead atoms. The van der Waals surface area contributed by atoms with E-state index in [1.54, 1.807) is 0 Å². The van der Waals surface area contributed by atoms with E-state index in [1.165, 1.54) is 0 Å². The molecule has 0 spiro atoms. The van der Waals surface area contributed by atoms with E-state index in [4.69, 9.17) is 24.7 Å². The van der Waals surface area contributed by atoms with Crippen molar-refractivity contribution >= 4 is 28.0 Å². The molecule has 2 fully saturated rings. The van der Waals surface area contributed by atoms with Gasteiger partial charge in [0.05, 0.1) is 24.2 Å². The Kier molecular flexibility index (Phi) is 5.22. The third kappa shape index (κ3) is 3.46. The number of fused-ring (bicyclic) bond motifs is 2. The molecule has 9 nitrogen and oxygen atoms in total. The first kappa shape index (κ1) is 20.6. The highest BCUT2D eigenvalue weighted by molar-refractivity contribution is 5.86. The van der Waals surface area contributed by atoms with Crippen LogP contribution < -0.4 is 10.2 Å². The summed E-state index contributed by atoms with van der Waals surface area (Å²) in [5, 5.41) is 3.46. The summed E-state index contributed by atoms with van der Waals surface area (Å²) in [5.74, 6) is 4.07. The Morgan fingerprint density at radius 3 is 2.61 bits per heavy atom. The zero-order valence-electron chi connectivity index (χ0n) is 19.3. The fourth-order valence-corrected chi connectivity index (χ4v) is 5.13. The molecular weight excluding hydrogens is 416 g/mol. The van der Waals surface area contributed by atoms with E-state index in [-0.39, 0.29) is 0 Å². The number of ether oxygens (including phenoxy) is 1. The minimum atomic E-state index is 0.437. The van der Waals surface area contributed by atoms with Crippen molar-refractivity contribution in [1.29, 1.82) is 0 Å². The second-order valence-electron chi connectivity index (χ2n) is 8.88. The van der Waals surface area contributed by atoms with Crippen molar-refractivity contribution in [3.63, 3.8) is 0 Å². The molecule has 1 aromatic carbocycles. The predicted molar refractivity (Wildman–Crippen MR) is 128 cm³/mol. The average molecular weight is 447 g/mol. The van der Waals surface area contributed by atoms with E-state index in [1.807, 2.05) is 18.2 Å². The van der Waals surface area contributed by atoms with Crippen molar-refractivity contribution in [1.82, 2.24) is 34.4 Å². The summed E-state index contributed by atoms with van der Waals surface area (Å²) < 4.78 is 9.91. The molecule has 0 atom stereocenters. The molecule has 5 heterocycles. The van der Waals surface area contributed by atoms with E-state index in [0.717, 1.165) is 85.1 Å². The first-order valence-corrected chi connectivity index (χ1v) is 12.0. The largest absolute Gasteiger partial charge is 0.378 e. The molecule has 2 saturated heterocycles. The van der Waals surface area contributed by atoms with Gasteiger partial charge in [0.15, 0.2) is 17.0 Å². The number of imidazole rings is 2. The van der Waals surface area contributed by atoms with Gasteiger partial charge in [-0.1, -0.05) is 19.1 Å². The zero-order chi connectivity index (χ0) is 22.4. The van der Waals surface area contributed by atoms with Crippen molar-refractivity contribution in [2.45, 2.75) is 32.1 Å². The van der Waals surface area contributed by atoms with Gasteiger partial charge in [-0.15, -0.1) is 0 Å². The number of nitrogens with zero attached hydrogens (tertiary/aromatic N) is 7. The maximum absolute atomic E-state index is 5.62. The summed E-state index contributed by atoms with van der Waals surface area (Å²) in [4.78, 5) is 22.5. The van der Waals surface area contributed by atoms with Gasteiger partial charge in [0.2, 0.25) is 5.95 Å². The van der Waals surface area contributed by atoms with Crippen LogP contribution in [0.15, 0.2) is 24.3 Å². The fourth-order valence-electron chi connectivity index (χ4n) is 5.13. The summed E-state index contributed by atoms with van der Waals surface area (Å²) in [6.45, 7) is 7.18. The number of morpholine rings is 1. The number of benzene rings is 1. The minimum absolute atomic E-state index is 0.437. The van der Waals surface area contributed by atoms with E-state index in [9.17, 15) is 0 Å². The van der Waals surface area contributed by atoms with Crippen LogP contribution in [-0.2, 0) is 18.2 Å². The molecule has 0 unspecified atom stereocenters. The monoisotopic (exact) mass is 446 g/mol. The number of para-hydroxylation sites is 2. The maximum atomic E-state index is 5.62. The van der Waals surface area contributed by atoms with Gasteiger partial charge in [-0.25, -0.2) is 9.97 Å². The van der Waals surface area contributed by atoms with Crippen molar-refractivity contribution < 1.29 is 4.74 Å². The van der Waals surface area contributed by atoms with Gasteiger partial charge >= 0.3 is 0 Å². The predicted octanol–water partition coefficient (Wildman–Crippen LogP) is 2.57. The lowest BCUT2D eigenvalue weighted by Gasteiger charge is -2.28. The standard InChI is InChI=1S/C24H30N8O/c1-3-19-26-17-6-4-5-7-18(17)32(19)24-28-22-20(23(29-24)31-12-14-33-15-13-31)27-21(30(22)2)16-8-10-25-11-9-16/h4-7,16,25H,3,8-15H2,1-2H3. The number of anilines is 1. The minimum Gasteiger partial charge on any atom is -0.378 e. The van der Waals surface area contributed by atoms with Gasteiger partial charge < -0.3 is 19.5 Å². The van der Waals surface area contributed by atoms with E-state index in [2.05, 4.69) is 39.4 Å². The topological polar surface area (TPSA) is 85.9 Å². The molecular formula is C24H30N8O. The lowest BCUT2D eigenvalue weighted by molar-refractivity contribution is 0.122. The highest BCUT2D eigenvalue weighted by Crippen LogP contribution is 2.32. The number of hydrogen-bond donors (Lipinski definition) is 1. The highest BCUT2D eigenvalue weighted by Gasteiger charge is 2.27. The summed E-state index contributed by atoms with van der Waals surface area (Å²) in [7, 11) is 2.10. The SMILES string of the molecule is CCc1nc2ccccc2n1-c1nc(N2CCOCC2)c2nc(C3CCNCC3)n(C)c2n1. The summed E-state index contributed by atoms with van der Waals surface area (Å²) >= 11 is 0. The fraction of sp³-hybridized carbons (Fsp3) is 0.500. The van der Waals surface area contributed by atoms with Crippen LogP contribution in [0.25, 0.3) is 28.1 Å². The molecule has 0 amide bonds. The van der Waals surface area contributed by atoms with E-state index in [0.29, 0.717) is 25.1 Å². The van der Waals surface area contributed by atoms with Crippen LogP contribution in [0.4, 0.5) is 5.82 Å². The Hall–Kier alpha value is -3.04. The van der Waals surface area contributed by atoms with Crippen molar-refractivity contribution in [3.05, 3.63) is 35.9 Å². The molecule has 2 aliphatic heterocycles. The average Bonchev–Trinajstić information content (AvgIpc) is 3.42. The summed E-state index contributed by atoms with van der Waals surface area (Å²) in [6, 6.07) is 8.20. The van der Waals surface area contributed by atoms with E-state index < -0.39 is 0 Å². The molecule has 33 heavy (non-hydrogen) atoms. The van der Waals surface area contributed by atoms with Crippen molar-refractivity contribution in [2.24, 2.45) is 7.05 Å². The Labute approximate surface area is 192 Å². The number of aromatic nitrogens is 6. The van der Waals surface area contributed by atoms with Crippen LogP contribution in [0.3, 0.4) is 0 Å². The van der Waals surface area contributed by atoms with Crippen molar-refractivity contribution in [3.8, 4) is 5.95 Å². The molecule has 1 N–H and O–H groups in total. The van der Waals surface area contributed by atoms with Crippen LogP contribution in [-0.4, -0.2) is 68.5 Å². The molecule has 3 aromatic heterocycles. The molecule has 9 heteroatoms. The third-order valence-electron chi connectivity index (χ3n) is 6.88. The summed E-state index contributed by atoms with van der Waals surface area (Å²) in [5.41, 5.74) is 3.77. The van der Waals surface area contributed by atoms with Gasteiger partial charge in [-0.3, -0.25) is 4.57 Å². The van der Waals surface area contributed by atoms with Gasteiger partial charge in [0, 0.05) is 32.5 Å².